The van der Waals surface area contributed by atoms with Crippen LogP contribution < -0.4 is 0 Å². The highest BCUT2D eigenvalue weighted by Crippen LogP contribution is 3.05. The first kappa shape index (κ1) is 13.7. The molecule has 0 amide bonds. The molecule has 0 bridgehead atoms. The molecule has 0 spiro atoms. The van der Waals surface area contributed by atoms with Crippen molar-refractivity contribution in [3.63, 3.8) is 0 Å². The Kier molecular flexibility index (Phi) is 2.08. The molecule has 6 atom stereocenters. The zero-order valence-electron chi connectivity index (χ0n) is 14.6. The summed E-state index contributed by atoms with van der Waals surface area (Å²) in [4.78, 5) is 4.27. The first-order chi connectivity index (χ1) is 12.9. The molecule has 7 rings (SSSR count). The average Bonchev–Trinajstić information content (AvgIpc) is 3.06. The quantitative estimate of drug-likeness (QED) is 0.716. The fourth-order valence-corrected chi connectivity index (χ4v) is 7.96. The Morgan fingerprint density at radius 1 is 0.846 bits per heavy atom. The minimum Gasteiger partial charge on any atom is -0.372 e. The van der Waals surface area contributed by atoms with Gasteiger partial charge in [-0.1, -0.05) is 54.6 Å². The lowest BCUT2D eigenvalue weighted by atomic mass is 9.39. The molecule has 1 aromatic heterocycles. The van der Waals surface area contributed by atoms with Gasteiger partial charge in [-0.15, -0.1) is 0 Å². The average molecular weight is 337 g/mol. The Morgan fingerprint density at radius 2 is 1.58 bits per heavy atom. The summed E-state index contributed by atoms with van der Waals surface area (Å²) in [5.74, 6) is 1.85. The fraction of sp³-hybridized carbons (Fsp3) is 0.292. The van der Waals surface area contributed by atoms with Crippen molar-refractivity contribution in [3.05, 3.63) is 101 Å². The molecule has 2 nitrogen and oxygen atoms in total. The molecule has 0 radical (unpaired) electrons. The number of rotatable bonds is 3. The molecule has 2 heteroatoms. The van der Waals surface area contributed by atoms with E-state index in [0.29, 0.717) is 17.8 Å². The molecule has 2 aromatic carbocycles. The van der Waals surface area contributed by atoms with Gasteiger partial charge >= 0.3 is 0 Å². The molecule has 0 N–H and O–H groups in total. The van der Waals surface area contributed by atoms with Crippen LogP contribution in [-0.4, -0.2) is 12.1 Å². The van der Waals surface area contributed by atoms with Gasteiger partial charge in [0.2, 0.25) is 0 Å². The van der Waals surface area contributed by atoms with E-state index >= 15 is 0 Å². The predicted molar refractivity (Wildman–Crippen MR) is 98.9 cm³/mol. The SMILES string of the molecule is COC12c3ccccc3C3C4C1C4(c1ccncc1)C32c1ccccc1. The maximum atomic E-state index is 6.49. The molecule has 4 aliphatic carbocycles. The third kappa shape index (κ3) is 0.956. The van der Waals surface area contributed by atoms with E-state index in [2.05, 4.69) is 71.7 Å². The molecule has 3 aromatic rings. The van der Waals surface area contributed by atoms with E-state index in [4.69, 9.17) is 4.74 Å². The Hall–Kier alpha value is -2.45. The highest BCUT2D eigenvalue weighted by atomic mass is 16.5. The second-order valence-electron chi connectivity index (χ2n) is 8.29. The molecule has 1 heterocycles. The number of hydrogen-bond donors (Lipinski definition) is 0. The molecule has 126 valence electrons. The van der Waals surface area contributed by atoms with Gasteiger partial charge in [0.05, 0.1) is 0 Å². The van der Waals surface area contributed by atoms with Crippen LogP contribution in [0.3, 0.4) is 0 Å². The van der Waals surface area contributed by atoms with Crippen molar-refractivity contribution in [1.29, 1.82) is 0 Å². The van der Waals surface area contributed by atoms with E-state index in [1.165, 1.54) is 22.3 Å². The van der Waals surface area contributed by atoms with Crippen molar-refractivity contribution >= 4 is 0 Å². The molecule has 3 fully saturated rings. The van der Waals surface area contributed by atoms with Crippen LogP contribution in [-0.2, 0) is 21.2 Å². The van der Waals surface area contributed by atoms with E-state index in [1.54, 1.807) is 0 Å². The first-order valence-corrected chi connectivity index (χ1v) is 9.47. The van der Waals surface area contributed by atoms with Gasteiger partial charge in [-0.25, -0.2) is 0 Å². The van der Waals surface area contributed by atoms with Gasteiger partial charge in [0.15, 0.2) is 0 Å². The van der Waals surface area contributed by atoms with Crippen LogP contribution in [0.1, 0.15) is 28.2 Å². The van der Waals surface area contributed by atoms with Crippen LogP contribution in [0.5, 0.6) is 0 Å². The van der Waals surface area contributed by atoms with E-state index < -0.39 is 0 Å². The lowest BCUT2D eigenvalue weighted by Crippen LogP contribution is -2.70. The number of fused-ring (bicyclic) bond motifs is 6. The number of aromatic nitrogens is 1. The largest absolute Gasteiger partial charge is 0.372 e. The summed E-state index contributed by atoms with van der Waals surface area (Å²) < 4.78 is 6.49. The standard InChI is InChI=1S/C24H19NO/c1-26-24-18-10-6-5-9-17(18)19-20-21(24)22(20,15-11-13-25-14-12-15)23(19,24)16-7-3-2-4-8-16/h2-14,19-21H,1H3. The topological polar surface area (TPSA) is 22.1 Å². The predicted octanol–water partition coefficient (Wildman–Crippen LogP) is 4.17. The number of hydrogen-bond acceptors (Lipinski definition) is 2. The Balaban J connectivity index is 1.57. The summed E-state index contributed by atoms with van der Waals surface area (Å²) in [5.41, 5.74) is 5.89. The summed E-state index contributed by atoms with van der Waals surface area (Å²) in [5, 5.41) is 0. The van der Waals surface area contributed by atoms with Crippen molar-refractivity contribution in [2.75, 3.05) is 7.11 Å². The monoisotopic (exact) mass is 337 g/mol. The molecular weight excluding hydrogens is 318 g/mol. The summed E-state index contributed by atoms with van der Waals surface area (Å²) in [6, 6.07) is 24.6. The lowest BCUT2D eigenvalue weighted by molar-refractivity contribution is -0.173. The second-order valence-corrected chi connectivity index (χ2v) is 8.29. The van der Waals surface area contributed by atoms with Gasteiger partial charge in [0, 0.05) is 42.2 Å². The van der Waals surface area contributed by atoms with Crippen molar-refractivity contribution < 1.29 is 4.74 Å². The minimum absolute atomic E-state index is 0.0242. The van der Waals surface area contributed by atoms with Crippen LogP contribution in [0.4, 0.5) is 0 Å². The normalized spacial score (nSPS) is 42.3. The van der Waals surface area contributed by atoms with Crippen LogP contribution in [0.2, 0.25) is 0 Å². The molecule has 26 heavy (non-hydrogen) atoms. The van der Waals surface area contributed by atoms with E-state index in [0.717, 1.165) is 0 Å². The number of benzene rings is 2. The number of methoxy groups -OCH3 is 1. The summed E-state index contributed by atoms with van der Waals surface area (Å²) in [6.45, 7) is 0. The maximum Gasteiger partial charge on any atom is 0.108 e. The van der Waals surface area contributed by atoms with E-state index in [9.17, 15) is 0 Å². The molecule has 3 saturated carbocycles. The number of pyridine rings is 1. The smallest absolute Gasteiger partial charge is 0.108 e. The van der Waals surface area contributed by atoms with E-state index in [1.807, 2.05) is 19.5 Å². The molecule has 0 aliphatic heterocycles. The molecule has 0 saturated heterocycles. The molecule has 6 unspecified atom stereocenters. The van der Waals surface area contributed by atoms with Gasteiger partial charge < -0.3 is 4.74 Å². The molecule has 4 aliphatic rings. The van der Waals surface area contributed by atoms with Gasteiger partial charge in [-0.2, -0.15) is 0 Å². The second kappa shape index (κ2) is 3.94. The number of nitrogens with zero attached hydrogens (tertiary/aromatic N) is 1. The van der Waals surface area contributed by atoms with Crippen molar-refractivity contribution in [2.24, 2.45) is 11.8 Å². The Labute approximate surface area is 152 Å². The van der Waals surface area contributed by atoms with Crippen molar-refractivity contribution in [1.82, 2.24) is 4.98 Å². The Bertz CT molecular complexity index is 1060. The Morgan fingerprint density at radius 3 is 2.35 bits per heavy atom. The maximum absolute atomic E-state index is 6.49. The third-order valence-electron chi connectivity index (χ3n) is 8.17. The van der Waals surface area contributed by atoms with Gasteiger partial charge in [-0.3, -0.25) is 4.98 Å². The van der Waals surface area contributed by atoms with Crippen LogP contribution in [0.15, 0.2) is 79.1 Å². The highest BCUT2D eigenvalue weighted by molar-refractivity contribution is 5.79. The summed E-state index contributed by atoms with van der Waals surface area (Å²) in [7, 11) is 1.92. The minimum atomic E-state index is -0.177. The zero-order chi connectivity index (χ0) is 17.1. The van der Waals surface area contributed by atoms with Gasteiger partial charge in [-0.05, 0) is 40.3 Å². The molecular formula is C24H19NO. The number of ether oxygens (including phenoxy) is 1. The van der Waals surface area contributed by atoms with Gasteiger partial charge in [0.1, 0.15) is 5.60 Å². The van der Waals surface area contributed by atoms with Crippen LogP contribution in [0, 0.1) is 11.8 Å². The zero-order valence-corrected chi connectivity index (χ0v) is 14.6. The van der Waals surface area contributed by atoms with Crippen LogP contribution >= 0.6 is 0 Å². The highest BCUT2D eigenvalue weighted by Gasteiger charge is 3.08. The van der Waals surface area contributed by atoms with Crippen molar-refractivity contribution in [2.45, 2.75) is 22.3 Å². The third-order valence-corrected chi connectivity index (χ3v) is 8.17. The van der Waals surface area contributed by atoms with Crippen LogP contribution in [0.25, 0.3) is 0 Å². The van der Waals surface area contributed by atoms with Gasteiger partial charge in [0.25, 0.3) is 0 Å². The summed E-state index contributed by atoms with van der Waals surface area (Å²) >= 11 is 0. The first-order valence-electron chi connectivity index (χ1n) is 9.47. The van der Waals surface area contributed by atoms with Crippen molar-refractivity contribution in [3.8, 4) is 0 Å². The fourth-order valence-electron chi connectivity index (χ4n) is 7.96. The lowest BCUT2D eigenvalue weighted by Gasteiger charge is -2.65. The summed E-state index contributed by atoms with van der Waals surface area (Å²) in [6.07, 6.45) is 3.90. The van der Waals surface area contributed by atoms with E-state index in [-0.39, 0.29) is 16.4 Å².